The predicted molar refractivity (Wildman–Crippen MR) is 103 cm³/mol. The Labute approximate surface area is 166 Å². The van der Waals surface area contributed by atoms with Crippen LogP contribution < -0.4 is 0 Å². The minimum atomic E-state index is -1.29. The number of fused-ring (bicyclic) bond motifs is 1. The van der Waals surface area contributed by atoms with Crippen LogP contribution in [0, 0.1) is 28.6 Å². The largest absolute Gasteiger partial charge is 0.465 e. The van der Waals surface area contributed by atoms with Crippen LogP contribution in [0.25, 0.3) is 0 Å². The summed E-state index contributed by atoms with van der Waals surface area (Å²) in [5, 5.41) is 0. The van der Waals surface area contributed by atoms with Crippen LogP contribution in [0.2, 0.25) is 0 Å². The highest BCUT2D eigenvalue weighted by molar-refractivity contribution is 6.01. The molecule has 6 heteroatoms. The fourth-order valence-corrected chi connectivity index (χ4v) is 3.82. The molecule has 2 rings (SSSR count). The van der Waals surface area contributed by atoms with Gasteiger partial charge in [0.05, 0.1) is 13.2 Å². The highest BCUT2D eigenvalue weighted by atomic mass is 16.6. The van der Waals surface area contributed by atoms with Gasteiger partial charge in [-0.25, -0.2) is 0 Å². The molecule has 28 heavy (non-hydrogen) atoms. The minimum absolute atomic E-state index is 0.126. The summed E-state index contributed by atoms with van der Waals surface area (Å²) in [5.74, 6) is 5.02. The lowest BCUT2D eigenvalue weighted by Gasteiger charge is -2.26. The van der Waals surface area contributed by atoms with Crippen LogP contribution in [0.1, 0.15) is 52.9 Å². The number of allylic oxidation sites excluding steroid dienone is 3. The van der Waals surface area contributed by atoms with Crippen LogP contribution in [0.4, 0.5) is 0 Å². The van der Waals surface area contributed by atoms with Crippen molar-refractivity contribution >= 4 is 17.9 Å². The number of ether oxygens (including phenoxy) is 3. The first-order valence-electron chi connectivity index (χ1n) is 9.70. The Kier molecular flexibility index (Phi) is 7.06. The predicted octanol–water partition coefficient (Wildman–Crippen LogP) is 3.32. The maximum absolute atomic E-state index is 12.6. The smallest absolute Gasteiger partial charge is 0.323 e. The summed E-state index contributed by atoms with van der Waals surface area (Å²) in [7, 11) is 0. The molecule has 2 aliphatic carbocycles. The fraction of sp³-hybridized carbons (Fsp3) is 0.591. The van der Waals surface area contributed by atoms with Gasteiger partial charge in [0.2, 0.25) is 0 Å². The zero-order valence-electron chi connectivity index (χ0n) is 16.8. The van der Waals surface area contributed by atoms with Crippen LogP contribution in [0.3, 0.4) is 0 Å². The quantitative estimate of drug-likeness (QED) is 0.121. The number of carbonyl (C=O) groups excluding carboxylic acids is 3. The van der Waals surface area contributed by atoms with Gasteiger partial charge in [0.1, 0.15) is 0 Å². The monoisotopic (exact) mass is 388 g/mol. The van der Waals surface area contributed by atoms with Gasteiger partial charge >= 0.3 is 17.9 Å². The van der Waals surface area contributed by atoms with Gasteiger partial charge in [-0.1, -0.05) is 12.0 Å². The Hall–Kier alpha value is -2.55. The van der Waals surface area contributed by atoms with Crippen molar-refractivity contribution in [2.24, 2.45) is 16.7 Å². The lowest BCUT2D eigenvalue weighted by atomic mass is 9.80. The SMILES string of the molecule is C=CCC/C=C(\C#CC12CC1CC(C(=O)OCC)(C(=O)OCC)C2)OC(C)=O. The van der Waals surface area contributed by atoms with E-state index in [1.165, 1.54) is 6.92 Å². The van der Waals surface area contributed by atoms with Crippen LogP contribution in [0.5, 0.6) is 0 Å². The van der Waals surface area contributed by atoms with Crippen molar-refractivity contribution in [3.8, 4) is 11.8 Å². The Morgan fingerprint density at radius 2 is 1.75 bits per heavy atom. The second-order valence-electron chi connectivity index (χ2n) is 7.24. The Bertz CT molecular complexity index is 720. The molecule has 0 N–H and O–H groups in total. The second-order valence-corrected chi connectivity index (χ2v) is 7.24. The average Bonchev–Trinajstić information content (AvgIpc) is 3.20. The van der Waals surface area contributed by atoms with E-state index in [1.807, 2.05) is 0 Å². The Balaban J connectivity index is 2.24. The number of hydrogen-bond acceptors (Lipinski definition) is 6. The number of unbranched alkanes of at least 4 members (excludes halogenated alkanes) is 1. The van der Waals surface area contributed by atoms with Crippen molar-refractivity contribution in [1.29, 1.82) is 0 Å². The third-order valence-electron chi connectivity index (χ3n) is 5.17. The summed E-state index contributed by atoms with van der Waals surface area (Å²) in [6.07, 6.45) is 6.39. The second kappa shape index (κ2) is 9.09. The third-order valence-corrected chi connectivity index (χ3v) is 5.17. The molecule has 6 nitrogen and oxygen atoms in total. The molecule has 2 unspecified atom stereocenters. The number of rotatable bonds is 8. The molecule has 2 saturated carbocycles. The summed E-state index contributed by atoms with van der Waals surface area (Å²) in [5.41, 5.74) is -1.74. The highest BCUT2D eigenvalue weighted by Crippen LogP contribution is 2.69. The molecule has 0 aromatic rings. The Morgan fingerprint density at radius 1 is 1.11 bits per heavy atom. The maximum Gasteiger partial charge on any atom is 0.323 e. The molecule has 152 valence electrons. The van der Waals surface area contributed by atoms with Crippen molar-refractivity contribution < 1.29 is 28.6 Å². The molecule has 2 aliphatic rings. The molecule has 0 bridgehead atoms. The van der Waals surface area contributed by atoms with E-state index in [2.05, 4.69) is 18.4 Å². The number of hydrogen-bond donors (Lipinski definition) is 0. The van der Waals surface area contributed by atoms with E-state index in [0.717, 1.165) is 12.8 Å². The number of esters is 3. The van der Waals surface area contributed by atoms with Crippen LogP contribution in [0.15, 0.2) is 24.5 Å². The summed E-state index contributed by atoms with van der Waals surface area (Å²) in [6, 6.07) is 0. The normalized spacial score (nSPS) is 24.2. The topological polar surface area (TPSA) is 78.9 Å². The summed E-state index contributed by atoms with van der Waals surface area (Å²) < 4.78 is 15.5. The molecule has 0 aliphatic heterocycles. The molecule has 0 aromatic carbocycles. The number of carbonyl (C=O) groups is 3. The molecule has 0 aromatic heterocycles. The molecule has 0 amide bonds. The van der Waals surface area contributed by atoms with E-state index < -0.39 is 28.7 Å². The van der Waals surface area contributed by atoms with Crippen molar-refractivity contribution in [1.82, 2.24) is 0 Å². The third kappa shape index (κ3) is 4.64. The highest BCUT2D eigenvalue weighted by Gasteiger charge is 2.71. The van der Waals surface area contributed by atoms with Crippen molar-refractivity contribution in [2.75, 3.05) is 13.2 Å². The van der Waals surface area contributed by atoms with Gasteiger partial charge in [-0.15, -0.1) is 6.58 Å². The zero-order valence-corrected chi connectivity index (χ0v) is 16.8. The molecular weight excluding hydrogens is 360 g/mol. The first-order chi connectivity index (χ1) is 13.3. The fourth-order valence-electron chi connectivity index (χ4n) is 3.82. The van der Waals surface area contributed by atoms with Crippen molar-refractivity contribution in [3.63, 3.8) is 0 Å². The van der Waals surface area contributed by atoms with E-state index in [4.69, 9.17) is 14.2 Å². The molecule has 2 atom stereocenters. The van der Waals surface area contributed by atoms with Gasteiger partial charge in [-0.05, 0) is 63.9 Å². The first-order valence-corrected chi connectivity index (χ1v) is 9.70. The van der Waals surface area contributed by atoms with Gasteiger partial charge in [-0.2, -0.15) is 0 Å². The molecule has 0 radical (unpaired) electrons. The van der Waals surface area contributed by atoms with E-state index >= 15 is 0 Å². The molecule has 0 saturated heterocycles. The summed E-state index contributed by atoms with van der Waals surface area (Å²) >= 11 is 0. The van der Waals surface area contributed by atoms with Gasteiger partial charge in [0.15, 0.2) is 11.2 Å². The standard InChI is InChI=1S/C22H28O6/c1-5-8-9-10-18(28-16(4)23)11-12-21-13-17(21)14-22(15-21,19(24)26-6-2)20(25)27-7-3/h5,10,17H,1,6-9,13-15H2,2-4H3/b18-10+. The summed E-state index contributed by atoms with van der Waals surface area (Å²) in [4.78, 5) is 36.5. The van der Waals surface area contributed by atoms with Crippen LogP contribution in [-0.2, 0) is 28.6 Å². The lowest BCUT2D eigenvalue weighted by molar-refractivity contribution is -0.172. The lowest BCUT2D eigenvalue weighted by Crippen LogP contribution is -2.41. The first kappa shape index (κ1) is 21.7. The molecule has 2 fully saturated rings. The van der Waals surface area contributed by atoms with Crippen molar-refractivity contribution in [3.05, 3.63) is 24.5 Å². The van der Waals surface area contributed by atoms with Crippen LogP contribution in [-0.4, -0.2) is 31.1 Å². The van der Waals surface area contributed by atoms with E-state index in [1.54, 1.807) is 26.0 Å². The van der Waals surface area contributed by atoms with E-state index in [-0.39, 0.29) is 25.6 Å². The Morgan fingerprint density at radius 3 is 2.29 bits per heavy atom. The summed E-state index contributed by atoms with van der Waals surface area (Å²) in [6.45, 7) is 8.81. The van der Waals surface area contributed by atoms with Gasteiger partial charge in [-0.3, -0.25) is 14.4 Å². The minimum Gasteiger partial charge on any atom is -0.465 e. The van der Waals surface area contributed by atoms with E-state index in [0.29, 0.717) is 18.6 Å². The van der Waals surface area contributed by atoms with E-state index in [9.17, 15) is 14.4 Å². The van der Waals surface area contributed by atoms with Gasteiger partial charge < -0.3 is 14.2 Å². The average molecular weight is 388 g/mol. The van der Waals surface area contributed by atoms with Crippen LogP contribution >= 0.6 is 0 Å². The zero-order chi connectivity index (χ0) is 20.8. The molecular formula is C22H28O6. The molecule has 0 heterocycles. The van der Waals surface area contributed by atoms with Gasteiger partial charge in [0, 0.05) is 12.3 Å². The molecule has 0 spiro atoms. The van der Waals surface area contributed by atoms with Gasteiger partial charge in [0.25, 0.3) is 0 Å². The maximum atomic E-state index is 12.6. The van der Waals surface area contributed by atoms with Crippen molar-refractivity contribution in [2.45, 2.75) is 52.9 Å².